The predicted molar refractivity (Wildman–Crippen MR) is 87.0 cm³/mol. The first-order valence-electron chi connectivity index (χ1n) is 7.70. The molecule has 0 amide bonds. The third-order valence-corrected chi connectivity index (χ3v) is 4.79. The molecule has 1 fully saturated rings. The van der Waals surface area contributed by atoms with E-state index in [0.29, 0.717) is 18.0 Å². The maximum absolute atomic E-state index is 5.68. The Hall–Kier alpha value is -1.91. The Morgan fingerprint density at radius 1 is 1.23 bits per heavy atom. The molecule has 114 valence electrons. The number of aromatic nitrogens is 1. The van der Waals surface area contributed by atoms with Gasteiger partial charge in [-0.25, -0.2) is 4.98 Å². The van der Waals surface area contributed by atoms with Crippen LogP contribution in [0.25, 0.3) is 16.5 Å². The predicted octanol–water partition coefficient (Wildman–Crippen LogP) is 2.73. The van der Waals surface area contributed by atoms with Crippen molar-refractivity contribution in [3.63, 3.8) is 0 Å². The fourth-order valence-corrected chi connectivity index (χ4v) is 3.39. The number of ether oxygens (including phenoxy) is 2. The fourth-order valence-electron chi connectivity index (χ4n) is 3.39. The van der Waals surface area contributed by atoms with Crippen LogP contribution in [0.15, 0.2) is 36.4 Å². The van der Waals surface area contributed by atoms with E-state index >= 15 is 0 Å². The number of pyridine rings is 1. The minimum Gasteiger partial charge on any atom is -0.481 e. The first kappa shape index (κ1) is 13.7. The largest absolute Gasteiger partial charge is 0.481 e. The average Bonchev–Trinajstić information content (AvgIpc) is 2.53. The average molecular weight is 296 g/mol. The minimum absolute atomic E-state index is 0.396. The molecular formula is C18H20N2O2. The van der Waals surface area contributed by atoms with Crippen LogP contribution < -0.4 is 4.74 Å². The van der Waals surface area contributed by atoms with Crippen LogP contribution in [0.3, 0.4) is 0 Å². The van der Waals surface area contributed by atoms with Crippen molar-refractivity contribution in [1.82, 2.24) is 9.88 Å². The van der Waals surface area contributed by atoms with Gasteiger partial charge in [0.25, 0.3) is 0 Å². The van der Waals surface area contributed by atoms with E-state index in [1.165, 1.54) is 11.1 Å². The topological polar surface area (TPSA) is 34.6 Å². The number of likely N-dealkylation sites (N-methyl/N-ethyl adjacent to an activating group) is 1. The molecule has 1 saturated heterocycles. The Morgan fingerprint density at radius 3 is 2.95 bits per heavy atom. The van der Waals surface area contributed by atoms with Gasteiger partial charge in [-0.1, -0.05) is 12.1 Å². The summed E-state index contributed by atoms with van der Waals surface area (Å²) in [6, 6.07) is 11.4. The van der Waals surface area contributed by atoms with Crippen molar-refractivity contribution < 1.29 is 9.47 Å². The second-order valence-corrected chi connectivity index (χ2v) is 6.08. The summed E-state index contributed by atoms with van der Waals surface area (Å²) in [5, 5.41) is 1.15. The summed E-state index contributed by atoms with van der Waals surface area (Å²) in [7, 11) is 3.84. The van der Waals surface area contributed by atoms with Gasteiger partial charge < -0.3 is 9.47 Å². The molecule has 2 aliphatic rings. The van der Waals surface area contributed by atoms with E-state index in [4.69, 9.17) is 9.47 Å². The van der Waals surface area contributed by atoms with Gasteiger partial charge in [-0.2, -0.15) is 0 Å². The highest BCUT2D eigenvalue weighted by Gasteiger charge is 2.32. The van der Waals surface area contributed by atoms with Crippen molar-refractivity contribution in [2.45, 2.75) is 18.5 Å². The van der Waals surface area contributed by atoms with Gasteiger partial charge in [-0.3, -0.25) is 4.90 Å². The Bertz CT molecular complexity index is 741. The van der Waals surface area contributed by atoms with Crippen molar-refractivity contribution in [3.05, 3.63) is 42.0 Å². The van der Waals surface area contributed by atoms with Gasteiger partial charge in [0.1, 0.15) is 0 Å². The fraction of sp³-hybridized carbons (Fsp3) is 0.389. The molecule has 0 radical (unpaired) electrons. The summed E-state index contributed by atoms with van der Waals surface area (Å²) >= 11 is 0. The Labute approximate surface area is 130 Å². The maximum Gasteiger partial charge on any atom is 0.213 e. The van der Waals surface area contributed by atoms with Crippen LogP contribution in [0.4, 0.5) is 0 Å². The molecule has 2 aliphatic heterocycles. The third-order valence-electron chi connectivity index (χ3n) is 4.79. The molecule has 2 aromatic rings. The Kier molecular flexibility index (Phi) is 3.36. The molecule has 4 nitrogen and oxygen atoms in total. The quantitative estimate of drug-likeness (QED) is 0.853. The van der Waals surface area contributed by atoms with E-state index in [1.807, 2.05) is 6.07 Å². The minimum atomic E-state index is 0.396. The second kappa shape index (κ2) is 5.38. The summed E-state index contributed by atoms with van der Waals surface area (Å²) in [5.74, 6) is 0.658. The number of hydrogen-bond donors (Lipinski definition) is 0. The second-order valence-electron chi connectivity index (χ2n) is 6.08. The maximum atomic E-state index is 5.68. The van der Waals surface area contributed by atoms with Gasteiger partial charge in [0.15, 0.2) is 0 Å². The van der Waals surface area contributed by atoms with Crippen LogP contribution in [-0.4, -0.2) is 49.3 Å². The standard InChI is InChI=1S/C18H20N2O2/c1-20-15-8-14(9-16(20)11-22-10-15)12-3-5-17-13(7-12)4-6-18(19-17)21-2/h3-8,15-16H,9-11H2,1-2H3. The number of methoxy groups -OCH3 is 1. The molecule has 22 heavy (non-hydrogen) atoms. The number of morpholine rings is 1. The molecule has 2 bridgehead atoms. The van der Waals surface area contributed by atoms with E-state index < -0.39 is 0 Å². The lowest BCUT2D eigenvalue weighted by Gasteiger charge is -2.42. The van der Waals surface area contributed by atoms with E-state index in [-0.39, 0.29) is 0 Å². The smallest absolute Gasteiger partial charge is 0.213 e. The molecule has 4 heteroatoms. The van der Waals surface area contributed by atoms with Crippen LogP contribution in [0.2, 0.25) is 0 Å². The number of fused-ring (bicyclic) bond motifs is 3. The van der Waals surface area contributed by atoms with Crippen LogP contribution in [-0.2, 0) is 4.74 Å². The number of benzene rings is 1. The zero-order chi connectivity index (χ0) is 15.1. The zero-order valence-corrected chi connectivity index (χ0v) is 13.0. The molecule has 0 aliphatic carbocycles. The van der Waals surface area contributed by atoms with Crippen LogP contribution >= 0.6 is 0 Å². The summed E-state index contributed by atoms with van der Waals surface area (Å²) in [4.78, 5) is 6.91. The molecule has 0 spiro atoms. The normalized spacial score (nSPS) is 25.1. The van der Waals surface area contributed by atoms with Crippen molar-refractivity contribution in [2.24, 2.45) is 0 Å². The highest BCUT2D eigenvalue weighted by molar-refractivity contribution is 5.84. The number of hydrogen-bond acceptors (Lipinski definition) is 4. The zero-order valence-electron chi connectivity index (χ0n) is 13.0. The summed E-state index contributed by atoms with van der Waals surface area (Å²) < 4.78 is 10.9. The first-order valence-corrected chi connectivity index (χ1v) is 7.70. The lowest BCUT2D eigenvalue weighted by atomic mass is 9.90. The Balaban J connectivity index is 1.72. The lowest BCUT2D eigenvalue weighted by Crippen LogP contribution is -2.51. The van der Waals surface area contributed by atoms with Gasteiger partial charge in [-0.15, -0.1) is 0 Å². The molecule has 4 rings (SSSR count). The van der Waals surface area contributed by atoms with Crippen molar-refractivity contribution in [1.29, 1.82) is 0 Å². The van der Waals surface area contributed by atoms with Gasteiger partial charge in [0.2, 0.25) is 5.88 Å². The molecule has 0 saturated carbocycles. The highest BCUT2D eigenvalue weighted by atomic mass is 16.5. The molecule has 2 unspecified atom stereocenters. The van der Waals surface area contributed by atoms with Crippen LogP contribution in [0.1, 0.15) is 12.0 Å². The van der Waals surface area contributed by atoms with Gasteiger partial charge in [0.05, 0.1) is 31.9 Å². The van der Waals surface area contributed by atoms with Crippen LogP contribution in [0.5, 0.6) is 5.88 Å². The van der Waals surface area contributed by atoms with Crippen molar-refractivity contribution >= 4 is 16.5 Å². The van der Waals surface area contributed by atoms with E-state index in [9.17, 15) is 0 Å². The van der Waals surface area contributed by atoms with Gasteiger partial charge >= 0.3 is 0 Å². The number of nitrogens with zero attached hydrogens (tertiary/aromatic N) is 2. The van der Waals surface area contributed by atoms with E-state index in [2.05, 4.69) is 47.3 Å². The van der Waals surface area contributed by atoms with Crippen molar-refractivity contribution in [3.8, 4) is 5.88 Å². The SMILES string of the molecule is COc1ccc2cc(C3=CC4COCC(C3)N4C)ccc2n1. The summed E-state index contributed by atoms with van der Waals surface area (Å²) in [6.45, 7) is 1.62. The molecule has 2 atom stereocenters. The molecule has 0 N–H and O–H groups in total. The molecular weight excluding hydrogens is 276 g/mol. The monoisotopic (exact) mass is 296 g/mol. The van der Waals surface area contributed by atoms with Gasteiger partial charge in [0, 0.05) is 17.5 Å². The molecule has 3 heterocycles. The van der Waals surface area contributed by atoms with E-state index in [0.717, 1.165) is 30.5 Å². The molecule has 1 aromatic carbocycles. The van der Waals surface area contributed by atoms with Crippen LogP contribution in [0, 0.1) is 0 Å². The highest BCUT2D eigenvalue weighted by Crippen LogP contribution is 2.32. The Morgan fingerprint density at radius 2 is 2.14 bits per heavy atom. The summed E-state index contributed by atoms with van der Waals surface area (Å²) in [5.41, 5.74) is 3.69. The van der Waals surface area contributed by atoms with Gasteiger partial charge in [-0.05, 0) is 42.8 Å². The summed E-state index contributed by atoms with van der Waals surface area (Å²) in [6.07, 6.45) is 3.40. The van der Waals surface area contributed by atoms with E-state index in [1.54, 1.807) is 7.11 Å². The third kappa shape index (κ3) is 2.28. The molecule has 1 aromatic heterocycles. The van der Waals surface area contributed by atoms with Crippen molar-refractivity contribution in [2.75, 3.05) is 27.4 Å². The first-order chi connectivity index (χ1) is 10.7. The number of rotatable bonds is 2. The lowest BCUT2D eigenvalue weighted by molar-refractivity contribution is -0.0221.